The molecule has 0 heterocycles. The van der Waals surface area contributed by atoms with Crippen LogP contribution in [0.1, 0.15) is 5.56 Å². The molecule has 18 heavy (non-hydrogen) atoms. The van der Waals surface area contributed by atoms with Crippen molar-refractivity contribution >= 4 is 5.69 Å². The molecule has 102 valence electrons. The van der Waals surface area contributed by atoms with Crippen LogP contribution in [0.25, 0.3) is 0 Å². The van der Waals surface area contributed by atoms with Gasteiger partial charge in [0.1, 0.15) is 0 Å². The molecule has 0 radical (unpaired) electrons. The van der Waals surface area contributed by atoms with E-state index in [9.17, 15) is 26.3 Å². The standard InChI is InChI=1S/C10H9F6NO/c1-17-7-4-2-6(3-5-7)8(18,9(11,12)13)10(14,15)16/h2-5,17-18H,1H3. The average molecular weight is 273 g/mol. The number of hydrogen-bond donors (Lipinski definition) is 2. The van der Waals surface area contributed by atoms with Crippen molar-refractivity contribution in [2.75, 3.05) is 12.4 Å². The number of nitrogens with one attached hydrogen (secondary N) is 1. The highest BCUT2D eigenvalue weighted by Crippen LogP contribution is 2.49. The smallest absolute Gasteiger partial charge is 0.388 e. The van der Waals surface area contributed by atoms with Gasteiger partial charge < -0.3 is 10.4 Å². The van der Waals surface area contributed by atoms with Crippen LogP contribution in [0.3, 0.4) is 0 Å². The summed E-state index contributed by atoms with van der Waals surface area (Å²) in [7, 11) is 1.45. The van der Waals surface area contributed by atoms with Gasteiger partial charge in [0.2, 0.25) is 0 Å². The molecule has 0 atom stereocenters. The molecular formula is C10H9F6NO. The lowest BCUT2D eigenvalue weighted by Gasteiger charge is -2.32. The first kappa shape index (κ1) is 14.6. The molecule has 0 bridgehead atoms. The first-order valence-electron chi connectivity index (χ1n) is 4.68. The summed E-state index contributed by atoms with van der Waals surface area (Å²) in [6.07, 6.45) is -11.7. The number of alkyl halides is 6. The van der Waals surface area contributed by atoms with Crippen molar-refractivity contribution in [1.82, 2.24) is 0 Å². The second-order valence-electron chi connectivity index (χ2n) is 3.53. The monoisotopic (exact) mass is 273 g/mol. The average Bonchev–Trinajstić information content (AvgIpc) is 2.25. The van der Waals surface area contributed by atoms with Gasteiger partial charge in [-0.1, -0.05) is 12.1 Å². The zero-order chi connectivity index (χ0) is 14.2. The summed E-state index contributed by atoms with van der Waals surface area (Å²) in [6.45, 7) is 0. The molecule has 0 aromatic heterocycles. The van der Waals surface area contributed by atoms with Crippen LogP contribution in [0.2, 0.25) is 0 Å². The Labute approximate surface area is 98.2 Å². The second kappa shape index (κ2) is 4.34. The molecule has 0 amide bonds. The Balaban J connectivity index is 3.36. The van der Waals surface area contributed by atoms with Gasteiger partial charge in [-0.2, -0.15) is 26.3 Å². The lowest BCUT2D eigenvalue weighted by atomic mass is 9.92. The van der Waals surface area contributed by atoms with E-state index in [1.165, 1.54) is 7.05 Å². The zero-order valence-corrected chi connectivity index (χ0v) is 9.02. The fraction of sp³-hybridized carbons (Fsp3) is 0.400. The van der Waals surface area contributed by atoms with Crippen molar-refractivity contribution < 1.29 is 31.4 Å². The molecule has 0 aliphatic carbocycles. The first-order valence-corrected chi connectivity index (χ1v) is 4.68. The molecule has 1 rings (SSSR count). The maximum atomic E-state index is 12.5. The van der Waals surface area contributed by atoms with E-state index >= 15 is 0 Å². The van der Waals surface area contributed by atoms with Crippen LogP contribution < -0.4 is 5.32 Å². The van der Waals surface area contributed by atoms with Crippen molar-refractivity contribution in [1.29, 1.82) is 0 Å². The van der Waals surface area contributed by atoms with E-state index < -0.39 is 23.5 Å². The van der Waals surface area contributed by atoms with Gasteiger partial charge in [-0.15, -0.1) is 0 Å². The Kier molecular flexibility index (Phi) is 3.53. The SMILES string of the molecule is CNc1ccc(C(O)(C(F)(F)F)C(F)(F)F)cc1. The summed E-state index contributed by atoms with van der Waals surface area (Å²) >= 11 is 0. The minimum atomic E-state index is -5.85. The maximum absolute atomic E-state index is 12.5. The summed E-state index contributed by atoms with van der Waals surface area (Å²) < 4.78 is 74.9. The number of halogens is 6. The van der Waals surface area contributed by atoms with Crippen LogP contribution in [0.15, 0.2) is 24.3 Å². The van der Waals surface area contributed by atoms with E-state index in [2.05, 4.69) is 5.32 Å². The summed E-state index contributed by atoms with van der Waals surface area (Å²) in [5, 5.41) is 11.6. The molecule has 0 aliphatic rings. The molecule has 8 heteroatoms. The lowest BCUT2D eigenvalue weighted by Crippen LogP contribution is -2.53. The molecule has 1 aromatic rings. The second-order valence-corrected chi connectivity index (χ2v) is 3.53. The van der Waals surface area contributed by atoms with E-state index in [1.54, 1.807) is 0 Å². The van der Waals surface area contributed by atoms with Gasteiger partial charge in [-0.05, 0) is 12.1 Å². The van der Waals surface area contributed by atoms with Gasteiger partial charge in [0.25, 0.3) is 5.60 Å². The predicted octanol–water partition coefficient (Wildman–Crippen LogP) is 3.04. The van der Waals surface area contributed by atoms with E-state index in [0.29, 0.717) is 17.8 Å². The predicted molar refractivity (Wildman–Crippen MR) is 52.0 cm³/mol. The summed E-state index contributed by atoms with van der Waals surface area (Å²) in [6, 6.07) is 3.18. The molecule has 0 aliphatic heterocycles. The Bertz CT molecular complexity index is 394. The van der Waals surface area contributed by atoms with Crippen LogP contribution in [-0.4, -0.2) is 24.5 Å². The Morgan fingerprint density at radius 3 is 1.56 bits per heavy atom. The topological polar surface area (TPSA) is 32.3 Å². The highest BCUT2D eigenvalue weighted by Gasteiger charge is 2.71. The van der Waals surface area contributed by atoms with Crippen LogP contribution in [0, 0.1) is 0 Å². The summed E-state index contributed by atoms with van der Waals surface area (Å²) in [5.74, 6) is 0. The molecule has 2 nitrogen and oxygen atoms in total. The fourth-order valence-corrected chi connectivity index (χ4v) is 1.37. The third-order valence-corrected chi connectivity index (χ3v) is 2.41. The van der Waals surface area contributed by atoms with E-state index in [0.717, 1.165) is 12.1 Å². The molecule has 1 aromatic carbocycles. The zero-order valence-electron chi connectivity index (χ0n) is 9.02. The van der Waals surface area contributed by atoms with E-state index in [1.807, 2.05) is 0 Å². The van der Waals surface area contributed by atoms with Gasteiger partial charge in [0.05, 0.1) is 0 Å². The van der Waals surface area contributed by atoms with Crippen LogP contribution >= 0.6 is 0 Å². The van der Waals surface area contributed by atoms with Crippen molar-refractivity contribution in [3.63, 3.8) is 0 Å². The highest BCUT2D eigenvalue weighted by molar-refractivity contribution is 5.45. The quantitative estimate of drug-likeness (QED) is 0.812. The third-order valence-electron chi connectivity index (χ3n) is 2.41. The molecule has 0 fully saturated rings. The lowest BCUT2D eigenvalue weighted by molar-refractivity contribution is -0.376. The largest absolute Gasteiger partial charge is 0.430 e. The summed E-state index contributed by atoms with van der Waals surface area (Å²) in [4.78, 5) is 0. The number of aliphatic hydroxyl groups is 1. The maximum Gasteiger partial charge on any atom is 0.430 e. The van der Waals surface area contributed by atoms with Crippen LogP contribution in [-0.2, 0) is 5.60 Å². The van der Waals surface area contributed by atoms with Gasteiger partial charge in [0, 0.05) is 18.3 Å². The van der Waals surface area contributed by atoms with Crippen molar-refractivity contribution in [3.05, 3.63) is 29.8 Å². The van der Waals surface area contributed by atoms with Crippen molar-refractivity contribution in [2.45, 2.75) is 18.0 Å². The molecular weight excluding hydrogens is 264 g/mol. The Morgan fingerprint density at radius 2 is 1.28 bits per heavy atom. The van der Waals surface area contributed by atoms with Crippen LogP contribution in [0.5, 0.6) is 0 Å². The first-order chi connectivity index (χ1) is 8.04. The molecule has 0 saturated heterocycles. The minimum absolute atomic E-state index is 0.324. The summed E-state index contributed by atoms with van der Waals surface area (Å²) in [5.41, 5.74) is -5.82. The van der Waals surface area contributed by atoms with Gasteiger partial charge >= 0.3 is 12.4 Å². The normalized spacial score (nSPS) is 13.6. The van der Waals surface area contributed by atoms with Crippen molar-refractivity contribution in [2.24, 2.45) is 0 Å². The van der Waals surface area contributed by atoms with Gasteiger partial charge in [0.15, 0.2) is 0 Å². The Hall–Kier alpha value is -1.44. The van der Waals surface area contributed by atoms with Gasteiger partial charge in [-0.25, -0.2) is 0 Å². The van der Waals surface area contributed by atoms with E-state index in [-0.39, 0.29) is 0 Å². The molecule has 0 unspecified atom stereocenters. The highest BCUT2D eigenvalue weighted by atomic mass is 19.4. The Morgan fingerprint density at radius 1 is 0.889 bits per heavy atom. The third kappa shape index (κ3) is 2.24. The molecule has 0 spiro atoms. The minimum Gasteiger partial charge on any atom is -0.388 e. The number of anilines is 1. The van der Waals surface area contributed by atoms with E-state index in [4.69, 9.17) is 5.11 Å². The van der Waals surface area contributed by atoms with Crippen LogP contribution in [0.4, 0.5) is 32.0 Å². The number of hydrogen-bond acceptors (Lipinski definition) is 2. The number of benzene rings is 1. The van der Waals surface area contributed by atoms with Crippen molar-refractivity contribution in [3.8, 4) is 0 Å². The van der Waals surface area contributed by atoms with Gasteiger partial charge in [-0.3, -0.25) is 0 Å². The molecule has 0 saturated carbocycles. The molecule has 2 N–H and O–H groups in total. The fourth-order valence-electron chi connectivity index (χ4n) is 1.37. The number of rotatable bonds is 2.